The Morgan fingerprint density at radius 2 is 2.36 bits per heavy atom. The number of hydrogen-bond donors (Lipinski definition) is 2. The molecule has 1 atom stereocenters. The van der Waals surface area contributed by atoms with Gasteiger partial charge >= 0.3 is 11.8 Å². The highest BCUT2D eigenvalue weighted by atomic mass is 16.5. The quantitative estimate of drug-likeness (QED) is 0.745. The molecule has 130 valence electrons. The Morgan fingerprint density at radius 3 is 3.24 bits per heavy atom. The van der Waals surface area contributed by atoms with Crippen molar-refractivity contribution in [1.82, 2.24) is 25.3 Å². The molecule has 1 aliphatic rings. The van der Waals surface area contributed by atoms with Crippen LogP contribution >= 0.6 is 0 Å². The van der Waals surface area contributed by atoms with Crippen LogP contribution in [0.15, 0.2) is 35.0 Å². The van der Waals surface area contributed by atoms with Crippen molar-refractivity contribution in [3.8, 4) is 11.4 Å². The van der Waals surface area contributed by atoms with E-state index in [1.807, 2.05) is 30.5 Å². The first-order chi connectivity index (χ1) is 12.2. The predicted molar refractivity (Wildman–Crippen MR) is 94.2 cm³/mol. The van der Waals surface area contributed by atoms with Crippen LogP contribution in [0, 0.1) is 0 Å². The molecule has 1 amide bonds. The molecule has 7 nitrogen and oxygen atoms in total. The number of aromatic amines is 1. The topological polar surface area (TPSA) is 87.0 Å². The summed E-state index contributed by atoms with van der Waals surface area (Å²) in [7, 11) is 0. The van der Waals surface area contributed by atoms with Crippen molar-refractivity contribution in [3.05, 3.63) is 36.4 Å². The van der Waals surface area contributed by atoms with Gasteiger partial charge < -0.3 is 14.8 Å². The van der Waals surface area contributed by atoms with E-state index in [1.165, 1.54) is 6.42 Å². The van der Waals surface area contributed by atoms with E-state index in [9.17, 15) is 4.79 Å². The van der Waals surface area contributed by atoms with Crippen LogP contribution in [-0.2, 0) is 0 Å². The van der Waals surface area contributed by atoms with E-state index in [-0.39, 0.29) is 11.8 Å². The Kier molecular flexibility index (Phi) is 4.23. The minimum absolute atomic E-state index is 0.00243. The van der Waals surface area contributed by atoms with Gasteiger partial charge in [0.05, 0.1) is 0 Å². The number of likely N-dealkylation sites (N-methyl/N-ethyl adjacent to an activating group) is 1. The molecular formula is C18H21N5O2. The number of H-pyrrole nitrogens is 1. The van der Waals surface area contributed by atoms with Crippen molar-refractivity contribution in [1.29, 1.82) is 0 Å². The van der Waals surface area contributed by atoms with Gasteiger partial charge in [-0.15, -0.1) is 0 Å². The summed E-state index contributed by atoms with van der Waals surface area (Å²) in [6.07, 6.45) is 4.17. The smallest absolute Gasteiger partial charge is 0.316 e. The molecule has 0 bridgehead atoms. The van der Waals surface area contributed by atoms with Crippen molar-refractivity contribution < 1.29 is 9.32 Å². The number of nitrogens with zero attached hydrogens (tertiary/aromatic N) is 3. The van der Waals surface area contributed by atoms with Crippen LogP contribution in [0.3, 0.4) is 0 Å². The van der Waals surface area contributed by atoms with E-state index < -0.39 is 0 Å². The summed E-state index contributed by atoms with van der Waals surface area (Å²) >= 11 is 0. The second kappa shape index (κ2) is 6.68. The van der Waals surface area contributed by atoms with Gasteiger partial charge in [-0.3, -0.25) is 9.69 Å². The van der Waals surface area contributed by atoms with E-state index in [0.717, 1.165) is 36.0 Å². The van der Waals surface area contributed by atoms with Crippen LogP contribution in [0.1, 0.15) is 30.5 Å². The zero-order chi connectivity index (χ0) is 17.2. The number of amides is 1. The van der Waals surface area contributed by atoms with Gasteiger partial charge in [-0.1, -0.05) is 24.2 Å². The molecule has 0 aliphatic carbocycles. The van der Waals surface area contributed by atoms with Gasteiger partial charge in [-0.05, 0) is 43.5 Å². The van der Waals surface area contributed by atoms with Crippen LogP contribution in [0.5, 0.6) is 0 Å². The van der Waals surface area contributed by atoms with Gasteiger partial charge in [0.25, 0.3) is 0 Å². The molecule has 3 aromatic rings. The summed E-state index contributed by atoms with van der Waals surface area (Å²) in [6.45, 7) is 4.86. The van der Waals surface area contributed by atoms with Crippen LogP contribution in [-0.4, -0.2) is 51.6 Å². The number of rotatable bonds is 5. The van der Waals surface area contributed by atoms with Crippen molar-refractivity contribution in [3.63, 3.8) is 0 Å². The summed E-state index contributed by atoms with van der Waals surface area (Å²) in [6, 6.07) is 8.24. The summed E-state index contributed by atoms with van der Waals surface area (Å²) < 4.78 is 5.15. The minimum atomic E-state index is -0.317. The number of carbonyl (C=O) groups is 1. The fraction of sp³-hybridized carbons (Fsp3) is 0.389. The highest BCUT2D eigenvalue weighted by Gasteiger charge is 2.24. The average Bonchev–Trinajstić information content (AvgIpc) is 3.38. The molecule has 3 heterocycles. The predicted octanol–water partition coefficient (Wildman–Crippen LogP) is 2.43. The molecule has 1 saturated heterocycles. The molecule has 1 aromatic carbocycles. The maximum absolute atomic E-state index is 12.3. The summed E-state index contributed by atoms with van der Waals surface area (Å²) in [5.74, 6) is 0.1000. The lowest BCUT2D eigenvalue weighted by Gasteiger charge is -2.22. The third-order valence-electron chi connectivity index (χ3n) is 4.84. The molecule has 4 rings (SSSR count). The molecule has 2 N–H and O–H groups in total. The van der Waals surface area contributed by atoms with Crippen molar-refractivity contribution in [2.75, 3.05) is 19.6 Å². The summed E-state index contributed by atoms with van der Waals surface area (Å²) in [5.41, 5.74) is 1.81. The Balaban J connectivity index is 1.44. The SMILES string of the molecule is CCN1CCC[C@H]1CNC(=O)c1nc(-c2ccc3cc[nH]c3c2)no1. The molecule has 0 saturated carbocycles. The van der Waals surface area contributed by atoms with Crippen LogP contribution in [0.25, 0.3) is 22.3 Å². The van der Waals surface area contributed by atoms with Gasteiger partial charge in [0.1, 0.15) is 0 Å². The van der Waals surface area contributed by atoms with Crippen molar-refractivity contribution in [2.45, 2.75) is 25.8 Å². The summed E-state index contributed by atoms with van der Waals surface area (Å²) in [5, 5.41) is 7.96. The molecule has 1 aliphatic heterocycles. The van der Waals surface area contributed by atoms with Crippen molar-refractivity contribution >= 4 is 16.8 Å². The van der Waals surface area contributed by atoms with E-state index >= 15 is 0 Å². The van der Waals surface area contributed by atoms with Crippen molar-refractivity contribution in [2.24, 2.45) is 0 Å². The Bertz CT molecular complexity index is 884. The molecule has 2 aromatic heterocycles. The fourth-order valence-corrected chi connectivity index (χ4v) is 3.45. The van der Waals surface area contributed by atoms with Gasteiger partial charge in [-0.2, -0.15) is 4.98 Å². The number of fused-ring (bicyclic) bond motifs is 1. The second-order valence-corrected chi connectivity index (χ2v) is 6.34. The van der Waals surface area contributed by atoms with E-state index in [4.69, 9.17) is 4.52 Å². The zero-order valence-corrected chi connectivity index (χ0v) is 14.2. The molecule has 0 unspecified atom stereocenters. The van der Waals surface area contributed by atoms with Crippen LogP contribution in [0.4, 0.5) is 0 Å². The van der Waals surface area contributed by atoms with Gasteiger partial charge in [0.15, 0.2) is 0 Å². The number of benzene rings is 1. The highest BCUT2D eigenvalue weighted by Crippen LogP contribution is 2.21. The van der Waals surface area contributed by atoms with Gasteiger partial charge in [0.2, 0.25) is 5.82 Å². The number of nitrogens with one attached hydrogen (secondary N) is 2. The monoisotopic (exact) mass is 339 g/mol. The molecular weight excluding hydrogens is 318 g/mol. The van der Waals surface area contributed by atoms with Gasteiger partial charge in [0, 0.05) is 29.9 Å². The lowest BCUT2D eigenvalue weighted by atomic mass is 10.1. The van der Waals surface area contributed by atoms with Crippen LogP contribution in [0.2, 0.25) is 0 Å². The normalized spacial score (nSPS) is 18.0. The van der Waals surface area contributed by atoms with Crippen LogP contribution < -0.4 is 5.32 Å². The Labute approximate surface area is 145 Å². The number of hydrogen-bond acceptors (Lipinski definition) is 5. The molecule has 0 radical (unpaired) electrons. The molecule has 1 fully saturated rings. The maximum Gasteiger partial charge on any atom is 0.316 e. The number of likely N-dealkylation sites (tertiary alicyclic amines) is 1. The zero-order valence-electron chi connectivity index (χ0n) is 14.2. The Hall–Kier alpha value is -2.67. The standard InChI is InChI=1S/C18H21N5O2/c1-2-23-9-3-4-14(23)11-20-17(24)18-21-16(22-25-18)13-6-5-12-7-8-19-15(12)10-13/h5-8,10,14,19H,2-4,9,11H2,1H3,(H,20,24)/t14-/m0/s1. The third-order valence-corrected chi connectivity index (χ3v) is 4.84. The number of carbonyl (C=O) groups excluding carboxylic acids is 1. The summed E-state index contributed by atoms with van der Waals surface area (Å²) in [4.78, 5) is 22.0. The third kappa shape index (κ3) is 3.15. The average molecular weight is 339 g/mol. The number of aromatic nitrogens is 3. The first kappa shape index (κ1) is 15.8. The largest absolute Gasteiger partial charge is 0.361 e. The molecule has 7 heteroatoms. The molecule has 0 spiro atoms. The fourth-order valence-electron chi connectivity index (χ4n) is 3.45. The first-order valence-corrected chi connectivity index (χ1v) is 8.68. The minimum Gasteiger partial charge on any atom is -0.361 e. The Morgan fingerprint density at radius 1 is 1.44 bits per heavy atom. The highest BCUT2D eigenvalue weighted by molar-refractivity contribution is 5.90. The molecule has 25 heavy (non-hydrogen) atoms. The van der Waals surface area contributed by atoms with E-state index in [2.05, 4.69) is 32.3 Å². The first-order valence-electron chi connectivity index (χ1n) is 8.68. The van der Waals surface area contributed by atoms with E-state index in [0.29, 0.717) is 18.4 Å². The lowest BCUT2D eigenvalue weighted by molar-refractivity contribution is 0.0897. The maximum atomic E-state index is 12.3. The van der Waals surface area contributed by atoms with E-state index in [1.54, 1.807) is 0 Å². The van der Waals surface area contributed by atoms with Gasteiger partial charge in [-0.25, -0.2) is 0 Å². The second-order valence-electron chi connectivity index (χ2n) is 6.34. The lowest BCUT2D eigenvalue weighted by Crippen LogP contribution is -2.40.